The fourth-order valence-electron chi connectivity index (χ4n) is 3.79. The number of halogens is 1. The summed E-state index contributed by atoms with van der Waals surface area (Å²) >= 11 is 0. The lowest BCUT2D eigenvalue weighted by molar-refractivity contribution is 0.0917. The van der Waals surface area contributed by atoms with Crippen LogP contribution in [0.4, 0.5) is 4.39 Å². The molecule has 0 atom stereocenters. The molecule has 1 aliphatic rings. The Kier molecular flexibility index (Phi) is 7.57. The summed E-state index contributed by atoms with van der Waals surface area (Å²) in [6.07, 6.45) is 3.35. The molecule has 3 N–H and O–H groups in total. The van der Waals surface area contributed by atoms with Gasteiger partial charge in [0.1, 0.15) is 11.2 Å². The van der Waals surface area contributed by atoms with Crippen LogP contribution in [0.5, 0.6) is 0 Å². The molecule has 0 unspecified atom stereocenters. The minimum Gasteiger partial charge on any atom is -0.355 e. The third kappa shape index (κ3) is 6.01. The highest BCUT2D eigenvalue weighted by atomic mass is 19.1. The van der Waals surface area contributed by atoms with Gasteiger partial charge >= 0.3 is 0 Å². The van der Waals surface area contributed by atoms with Crippen molar-refractivity contribution in [2.75, 3.05) is 26.7 Å². The fourth-order valence-corrected chi connectivity index (χ4v) is 3.79. The van der Waals surface area contributed by atoms with E-state index in [1.54, 1.807) is 0 Å². The molecule has 2 amide bonds. The maximum atomic E-state index is 14.7. The monoisotopic (exact) mass is 428 g/mol. The number of carbonyl (C=O) groups is 2. The van der Waals surface area contributed by atoms with E-state index in [9.17, 15) is 18.8 Å². The maximum absolute atomic E-state index is 14.7. The lowest BCUT2D eigenvalue weighted by Gasteiger charge is -2.30. The number of amides is 2. The zero-order chi connectivity index (χ0) is 22.3. The number of alkyl halides is 1. The summed E-state index contributed by atoms with van der Waals surface area (Å²) in [7, 11) is 1.43. The van der Waals surface area contributed by atoms with E-state index >= 15 is 0 Å². The molecule has 1 saturated heterocycles. The molecule has 0 saturated carbocycles. The summed E-state index contributed by atoms with van der Waals surface area (Å²) in [5, 5.41) is 8.37. The van der Waals surface area contributed by atoms with Gasteiger partial charge in [-0.3, -0.25) is 14.4 Å². The highest BCUT2D eigenvalue weighted by Gasteiger charge is 2.30. The minimum atomic E-state index is -1.18. The second kappa shape index (κ2) is 10.3. The van der Waals surface area contributed by atoms with E-state index in [1.165, 1.54) is 23.9 Å². The molecule has 0 radical (unpaired) electrons. The highest BCUT2D eigenvalue weighted by molar-refractivity contribution is 5.99. The molecule has 7 nitrogen and oxygen atoms in total. The number of hydrogen-bond donors (Lipinski definition) is 3. The van der Waals surface area contributed by atoms with E-state index in [-0.39, 0.29) is 17.7 Å². The predicted molar refractivity (Wildman–Crippen MR) is 117 cm³/mol. The largest absolute Gasteiger partial charge is 0.355 e. The number of aromatic nitrogens is 1. The third-order valence-corrected chi connectivity index (χ3v) is 5.60. The average Bonchev–Trinajstić information content (AvgIpc) is 2.78. The van der Waals surface area contributed by atoms with Gasteiger partial charge in [0.15, 0.2) is 0 Å². The number of piperidine rings is 1. The molecular formula is C23H29FN4O3. The molecule has 0 spiro atoms. The van der Waals surface area contributed by atoms with Crippen LogP contribution in [0.15, 0.2) is 47.4 Å². The Morgan fingerprint density at radius 1 is 1.16 bits per heavy atom. The first-order chi connectivity index (χ1) is 14.9. The summed E-state index contributed by atoms with van der Waals surface area (Å²) in [5.74, 6) is -0.947. The minimum absolute atomic E-state index is 0.0940. The number of nitrogens with zero attached hydrogens (tertiary/aromatic N) is 1. The van der Waals surface area contributed by atoms with Gasteiger partial charge in [0.25, 0.3) is 17.4 Å². The van der Waals surface area contributed by atoms with E-state index in [0.29, 0.717) is 45.3 Å². The smallest absolute Gasteiger partial charge is 0.263 e. The van der Waals surface area contributed by atoms with Crippen molar-refractivity contribution in [3.63, 3.8) is 0 Å². The second-order valence-corrected chi connectivity index (χ2v) is 7.90. The molecule has 2 aromatic rings. The van der Waals surface area contributed by atoms with Gasteiger partial charge in [-0.25, -0.2) is 4.39 Å². The SMILES string of the molecule is CNC(=O)c1cc(C(=O)NCCCC2(F)CCNCC2)cn(Cc2ccccc2)c1=O. The first-order valence-corrected chi connectivity index (χ1v) is 10.6. The molecule has 1 aromatic carbocycles. The molecule has 0 aliphatic carbocycles. The van der Waals surface area contributed by atoms with Crippen LogP contribution in [0, 0.1) is 0 Å². The van der Waals surface area contributed by atoms with E-state index in [4.69, 9.17) is 0 Å². The normalized spacial score (nSPS) is 15.3. The zero-order valence-electron chi connectivity index (χ0n) is 17.7. The molecule has 3 rings (SSSR count). The van der Waals surface area contributed by atoms with Crippen LogP contribution in [0.25, 0.3) is 0 Å². The number of pyridine rings is 1. The Labute approximate surface area is 181 Å². The van der Waals surface area contributed by atoms with Gasteiger partial charge in [-0.2, -0.15) is 0 Å². The van der Waals surface area contributed by atoms with Crippen molar-refractivity contribution in [1.82, 2.24) is 20.5 Å². The van der Waals surface area contributed by atoms with Crippen LogP contribution in [0.3, 0.4) is 0 Å². The van der Waals surface area contributed by atoms with Gasteiger partial charge in [0, 0.05) is 19.8 Å². The summed E-state index contributed by atoms with van der Waals surface area (Å²) in [4.78, 5) is 37.6. The van der Waals surface area contributed by atoms with Gasteiger partial charge in [0.05, 0.1) is 12.1 Å². The van der Waals surface area contributed by atoms with Crippen molar-refractivity contribution in [2.24, 2.45) is 0 Å². The molecule has 166 valence electrons. The van der Waals surface area contributed by atoms with Crippen molar-refractivity contribution in [1.29, 1.82) is 0 Å². The lowest BCUT2D eigenvalue weighted by atomic mass is 9.90. The van der Waals surface area contributed by atoms with Crippen LogP contribution in [-0.2, 0) is 6.54 Å². The predicted octanol–water partition coefficient (Wildman–Crippen LogP) is 1.86. The number of rotatable bonds is 8. The van der Waals surface area contributed by atoms with Crippen LogP contribution in [0.2, 0.25) is 0 Å². The Morgan fingerprint density at radius 2 is 1.87 bits per heavy atom. The van der Waals surface area contributed by atoms with Crippen molar-refractivity contribution in [3.8, 4) is 0 Å². The number of benzene rings is 1. The van der Waals surface area contributed by atoms with Crippen LogP contribution < -0.4 is 21.5 Å². The van der Waals surface area contributed by atoms with Crippen molar-refractivity contribution in [2.45, 2.75) is 37.9 Å². The van der Waals surface area contributed by atoms with Gasteiger partial charge in [-0.05, 0) is 50.4 Å². The molecule has 1 aliphatic heterocycles. The van der Waals surface area contributed by atoms with Crippen LogP contribution in [-0.4, -0.2) is 48.7 Å². The van der Waals surface area contributed by atoms with E-state index in [0.717, 1.165) is 5.56 Å². The first-order valence-electron chi connectivity index (χ1n) is 10.6. The Balaban J connectivity index is 1.71. The molecule has 1 aromatic heterocycles. The second-order valence-electron chi connectivity index (χ2n) is 7.90. The number of carbonyl (C=O) groups excluding carboxylic acids is 2. The van der Waals surface area contributed by atoms with E-state index in [1.807, 2.05) is 30.3 Å². The lowest BCUT2D eigenvalue weighted by Crippen LogP contribution is -2.39. The van der Waals surface area contributed by atoms with Crippen molar-refractivity contribution >= 4 is 11.8 Å². The quantitative estimate of drug-likeness (QED) is 0.560. The molecule has 0 bridgehead atoms. The molecule has 2 heterocycles. The standard InChI is InChI=1S/C23H29FN4O3/c1-25-21(30)19-14-18(16-28(22(19)31)15-17-6-3-2-4-7-17)20(29)27-11-5-8-23(24)9-12-26-13-10-23/h2-4,6-7,14,16,26H,5,8-13,15H2,1H3,(H,25,30)(H,27,29). The maximum Gasteiger partial charge on any atom is 0.263 e. The molecule has 1 fully saturated rings. The van der Waals surface area contributed by atoms with Crippen LogP contribution >= 0.6 is 0 Å². The Bertz CT molecular complexity index is 969. The average molecular weight is 429 g/mol. The number of nitrogens with one attached hydrogen (secondary N) is 3. The summed E-state index contributed by atoms with van der Waals surface area (Å²) in [6.45, 7) is 1.91. The van der Waals surface area contributed by atoms with Gasteiger partial charge in [0.2, 0.25) is 0 Å². The Morgan fingerprint density at radius 3 is 2.55 bits per heavy atom. The van der Waals surface area contributed by atoms with E-state index in [2.05, 4.69) is 16.0 Å². The third-order valence-electron chi connectivity index (χ3n) is 5.60. The van der Waals surface area contributed by atoms with Gasteiger partial charge < -0.3 is 20.5 Å². The van der Waals surface area contributed by atoms with Gasteiger partial charge in [-0.15, -0.1) is 0 Å². The first kappa shape index (κ1) is 22.7. The summed E-state index contributed by atoms with van der Waals surface area (Å²) < 4.78 is 16.0. The fraction of sp³-hybridized carbons (Fsp3) is 0.435. The summed E-state index contributed by atoms with van der Waals surface area (Å²) in [5.41, 5.74) is -0.648. The van der Waals surface area contributed by atoms with E-state index < -0.39 is 23.0 Å². The topological polar surface area (TPSA) is 92.2 Å². The highest BCUT2D eigenvalue weighted by Crippen LogP contribution is 2.28. The van der Waals surface area contributed by atoms with Gasteiger partial charge in [-0.1, -0.05) is 30.3 Å². The Hall–Kier alpha value is -3.00. The van der Waals surface area contributed by atoms with Crippen molar-refractivity contribution in [3.05, 3.63) is 69.6 Å². The molecular weight excluding hydrogens is 399 g/mol. The zero-order valence-corrected chi connectivity index (χ0v) is 17.7. The van der Waals surface area contributed by atoms with Crippen molar-refractivity contribution < 1.29 is 14.0 Å². The van der Waals surface area contributed by atoms with Crippen LogP contribution in [0.1, 0.15) is 52.0 Å². The number of hydrogen-bond acceptors (Lipinski definition) is 4. The molecule has 31 heavy (non-hydrogen) atoms. The molecule has 8 heteroatoms. The summed E-state index contributed by atoms with van der Waals surface area (Å²) in [6, 6.07) is 10.6.